The molecule has 0 radical (unpaired) electrons. The van der Waals surface area contributed by atoms with Crippen LogP contribution < -0.4 is 11.4 Å². The molecule has 0 bridgehead atoms. The first-order valence-corrected chi connectivity index (χ1v) is 4.86. The Morgan fingerprint density at radius 1 is 1.12 bits per heavy atom. The van der Waals surface area contributed by atoms with Crippen LogP contribution in [0.15, 0.2) is 44.0 Å². The van der Waals surface area contributed by atoms with Crippen LogP contribution in [-0.4, -0.2) is 10.2 Å². The molecule has 0 aliphatic rings. The summed E-state index contributed by atoms with van der Waals surface area (Å²) in [6.07, 6.45) is 0. The second-order valence-corrected chi connectivity index (χ2v) is 3.43. The highest BCUT2D eigenvalue weighted by atomic mass is 16.4. The van der Waals surface area contributed by atoms with E-state index < -0.39 is 5.63 Å². The molecular formula is C11H7N3O3. The summed E-state index contributed by atoms with van der Waals surface area (Å²) in [5.41, 5.74) is 5.48. The van der Waals surface area contributed by atoms with Crippen molar-refractivity contribution in [3.05, 3.63) is 40.8 Å². The predicted molar refractivity (Wildman–Crippen MR) is 60.2 cm³/mol. The molecular weight excluding hydrogens is 222 g/mol. The Labute approximate surface area is 94.7 Å². The summed E-state index contributed by atoms with van der Waals surface area (Å²) in [7, 11) is 0. The minimum Gasteiger partial charge on any atom is -0.422 e. The normalized spacial score (nSPS) is 10.8. The third-order valence-corrected chi connectivity index (χ3v) is 2.31. The summed E-state index contributed by atoms with van der Waals surface area (Å²) in [6, 6.07) is 8.70. The van der Waals surface area contributed by atoms with Crippen LogP contribution in [0.4, 0.5) is 6.01 Å². The third kappa shape index (κ3) is 1.55. The Balaban J connectivity index is 2.30. The second-order valence-electron chi connectivity index (χ2n) is 3.43. The lowest BCUT2D eigenvalue weighted by atomic mass is 10.2. The van der Waals surface area contributed by atoms with E-state index in [-0.39, 0.29) is 17.5 Å². The van der Waals surface area contributed by atoms with Crippen molar-refractivity contribution in [2.75, 3.05) is 5.73 Å². The Morgan fingerprint density at radius 2 is 1.94 bits per heavy atom. The van der Waals surface area contributed by atoms with E-state index in [1.165, 1.54) is 0 Å². The summed E-state index contributed by atoms with van der Waals surface area (Å²) >= 11 is 0. The van der Waals surface area contributed by atoms with Crippen LogP contribution in [0.25, 0.3) is 22.4 Å². The molecule has 0 aliphatic heterocycles. The van der Waals surface area contributed by atoms with Gasteiger partial charge in [-0.05, 0) is 12.1 Å². The van der Waals surface area contributed by atoms with Gasteiger partial charge >= 0.3 is 11.6 Å². The molecule has 0 unspecified atom stereocenters. The van der Waals surface area contributed by atoms with Gasteiger partial charge < -0.3 is 14.6 Å². The maximum Gasteiger partial charge on any atom is 0.349 e. The summed E-state index contributed by atoms with van der Waals surface area (Å²) in [5.74, 6) is 0.0574. The van der Waals surface area contributed by atoms with Gasteiger partial charge in [0.2, 0.25) is 0 Å². The van der Waals surface area contributed by atoms with E-state index in [1.54, 1.807) is 18.2 Å². The standard InChI is InChI=1S/C11H7N3O3/c12-11-14-13-9(17-11)7-5-6-3-1-2-4-8(6)16-10(7)15/h1-5H,(H2,12,14). The minimum absolute atomic E-state index is 0.0574. The monoisotopic (exact) mass is 229 g/mol. The minimum atomic E-state index is -0.535. The molecule has 0 spiro atoms. The van der Waals surface area contributed by atoms with E-state index in [9.17, 15) is 4.79 Å². The van der Waals surface area contributed by atoms with E-state index in [1.807, 2.05) is 12.1 Å². The number of rotatable bonds is 1. The molecule has 0 saturated heterocycles. The average molecular weight is 229 g/mol. The van der Waals surface area contributed by atoms with Crippen molar-refractivity contribution in [3.63, 3.8) is 0 Å². The Bertz CT molecular complexity index is 745. The van der Waals surface area contributed by atoms with Gasteiger partial charge in [-0.3, -0.25) is 0 Å². The number of fused-ring (bicyclic) bond motifs is 1. The molecule has 3 aromatic rings. The number of hydrogen-bond donors (Lipinski definition) is 1. The van der Waals surface area contributed by atoms with Gasteiger partial charge in [-0.2, -0.15) is 0 Å². The van der Waals surface area contributed by atoms with Gasteiger partial charge in [0, 0.05) is 5.39 Å². The Morgan fingerprint density at radius 3 is 2.71 bits per heavy atom. The molecule has 2 N–H and O–H groups in total. The number of nitrogens with zero attached hydrogens (tertiary/aromatic N) is 2. The highest BCUT2D eigenvalue weighted by molar-refractivity contribution is 5.80. The van der Waals surface area contributed by atoms with E-state index in [0.29, 0.717) is 5.58 Å². The van der Waals surface area contributed by atoms with Gasteiger partial charge in [-0.1, -0.05) is 23.3 Å². The number of hydrogen-bond acceptors (Lipinski definition) is 6. The SMILES string of the molecule is Nc1nnc(-c2cc3ccccc3oc2=O)o1. The van der Waals surface area contributed by atoms with Crippen LogP contribution in [0.2, 0.25) is 0 Å². The molecule has 2 aromatic heterocycles. The van der Waals surface area contributed by atoms with Crippen molar-refractivity contribution in [1.82, 2.24) is 10.2 Å². The van der Waals surface area contributed by atoms with Gasteiger partial charge in [-0.25, -0.2) is 4.79 Å². The van der Waals surface area contributed by atoms with Crippen molar-refractivity contribution >= 4 is 17.0 Å². The molecule has 1 aromatic carbocycles. The molecule has 84 valence electrons. The van der Waals surface area contributed by atoms with Crippen LogP contribution in [0.5, 0.6) is 0 Å². The van der Waals surface area contributed by atoms with Gasteiger partial charge in [0.25, 0.3) is 5.89 Å². The zero-order valence-corrected chi connectivity index (χ0v) is 8.58. The van der Waals surface area contributed by atoms with Gasteiger partial charge in [0.1, 0.15) is 11.1 Å². The molecule has 6 heteroatoms. The molecule has 2 heterocycles. The zero-order chi connectivity index (χ0) is 11.8. The molecule has 0 aliphatic carbocycles. The lowest BCUT2D eigenvalue weighted by Gasteiger charge is -1.97. The first-order valence-electron chi connectivity index (χ1n) is 4.86. The first-order chi connectivity index (χ1) is 8.24. The molecule has 0 fully saturated rings. The summed E-state index contributed by atoms with van der Waals surface area (Å²) in [4.78, 5) is 11.7. The largest absolute Gasteiger partial charge is 0.422 e. The van der Waals surface area contributed by atoms with Crippen molar-refractivity contribution < 1.29 is 8.83 Å². The number of nitrogen functional groups attached to an aromatic ring is 1. The van der Waals surface area contributed by atoms with Crippen LogP contribution >= 0.6 is 0 Å². The summed E-state index contributed by atoms with van der Waals surface area (Å²) < 4.78 is 10.1. The lowest BCUT2D eigenvalue weighted by Crippen LogP contribution is -2.02. The molecule has 6 nitrogen and oxygen atoms in total. The van der Waals surface area contributed by atoms with Crippen LogP contribution in [0.3, 0.4) is 0 Å². The first kappa shape index (κ1) is 9.59. The topological polar surface area (TPSA) is 95.1 Å². The quantitative estimate of drug-likeness (QED) is 0.634. The van der Waals surface area contributed by atoms with Gasteiger partial charge in [0.05, 0.1) is 0 Å². The summed E-state index contributed by atoms with van der Waals surface area (Å²) in [6.45, 7) is 0. The second kappa shape index (κ2) is 3.44. The number of nitrogens with two attached hydrogens (primary N) is 1. The van der Waals surface area contributed by atoms with Crippen LogP contribution in [0.1, 0.15) is 0 Å². The van der Waals surface area contributed by atoms with Crippen molar-refractivity contribution in [1.29, 1.82) is 0 Å². The van der Waals surface area contributed by atoms with E-state index in [2.05, 4.69) is 10.2 Å². The number of anilines is 1. The smallest absolute Gasteiger partial charge is 0.349 e. The fourth-order valence-corrected chi connectivity index (χ4v) is 1.55. The predicted octanol–water partition coefficient (Wildman–Crippen LogP) is 1.43. The lowest BCUT2D eigenvalue weighted by molar-refractivity contribution is 0.549. The van der Waals surface area contributed by atoms with E-state index in [4.69, 9.17) is 14.6 Å². The maximum absolute atomic E-state index is 11.7. The van der Waals surface area contributed by atoms with Crippen molar-refractivity contribution in [2.45, 2.75) is 0 Å². The Hall–Kier alpha value is -2.63. The maximum atomic E-state index is 11.7. The molecule has 3 rings (SSSR count). The third-order valence-electron chi connectivity index (χ3n) is 2.31. The highest BCUT2D eigenvalue weighted by Gasteiger charge is 2.13. The summed E-state index contributed by atoms with van der Waals surface area (Å²) in [5, 5.41) is 7.92. The number of para-hydroxylation sites is 1. The average Bonchev–Trinajstić information content (AvgIpc) is 2.75. The molecule has 0 atom stereocenters. The molecule has 0 saturated carbocycles. The Kier molecular flexibility index (Phi) is 1.94. The van der Waals surface area contributed by atoms with Gasteiger partial charge in [-0.15, -0.1) is 5.10 Å². The number of benzene rings is 1. The number of aromatic nitrogens is 2. The molecule has 0 amide bonds. The van der Waals surface area contributed by atoms with Gasteiger partial charge in [0.15, 0.2) is 0 Å². The highest BCUT2D eigenvalue weighted by Crippen LogP contribution is 2.20. The fraction of sp³-hybridized carbons (Fsp3) is 0. The van der Waals surface area contributed by atoms with E-state index in [0.717, 1.165) is 5.39 Å². The van der Waals surface area contributed by atoms with Crippen molar-refractivity contribution in [3.8, 4) is 11.5 Å². The molecule has 17 heavy (non-hydrogen) atoms. The zero-order valence-electron chi connectivity index (χ0n) is 8.58. The fourth-order valence-electron chi connectivity index (χ4n) is 1.55. The van der Waals surface area contributed by atoms with Crippen LogP contribution in [0, 0.1) is 0 Å². The van der Waals surface area contributed by atoms with Crippen molar-refractivity contribution in [2.24, 2.45) is 0 Å². The van der Waals surface area contributed by atoms with Crippen LogP contribution in [-0.2, 0) is 0 Å². The van der Waals surface area contributed by atoms with E-state index >= 15 is 0 Å².